The molecule has 0 fully saturated rings. The molecule has 0 N–H and O–H groups in total. The molecule has 0 bridgehead atoms. The van der Waals surface area contributed by atoms with Crippen LogP contribution in [0.3, 0.4) is 0 Å². The number of hydrogen-bond acceptors (Lipinski definition) is 2. The van der Waals surface area contributed by atoms with E-state index in [2.05, 4.69) is 0 Å². The van der Waals surface area contributed by atoms with E-state index >= 15 is 0 Å². The fourth-order valence-electron chi connectivity index (χ4n) is 6.09. The maximum Gasteiger partial charge on any atom is 0.143 e. The van der Waals surface area contributed by atoms with Crippen LogP contribution in [0.4, 0.5) is 17.1 Å². The fourth-order valence-corrected chi connectivity index (χ4v) is 6.09. The molecular formula is C54H36N2O. The quantitative estimate of drug-likeness (QED) is 0.161. The minimum Gasteiger partial charge on any atom is -0.455 e. The molecule has 0 radical (unpaired) electrons. The second-order valence-electron chi connectivity index (χ2n) is 11.8. The first-order valence-electron chi connectivity index (χ1n) is 34.5. The van der Waals surface area contributed by atoms with E-state index < -0.39 is 317 Å². The predicted molar refractivity (Wildman–Crippen MR) is 239 cm³/mol. The van der Waals surface area contributed by atoms with Crippen LogP contribution in [0.5, 0.6) is 0 Å². The lowest BCUT2D eigenvalue weighted by Crippen LogP contribution is -2.10. The summed E-state index contributed by atoms with van der Waals surface area (Å²) in [5.74, 6) is 0. The van der Waals surface area contributed by atoms with Gasteiger partial charge in [-0.3, -0.25) is 0 Å². The van der Waals surface area contributed by atoms with Crippen LogP contribution in [0.15, 0.2) is 222 Å². The Morgan fingerprint density at radius 1 is 0.368 bits per heavy atom. The first-order valence-corrected chi connectivity index (χ1v) is 16.5. The zero-order valence-corrected chi connectivity index (χ0v) is 28.3. The Kier molecular flexibility index (Phi) is 3.03. The number of benzene rings is 9. The fraction of sp³-hybridized carbons (Fsp3) is 0. The second-order valence-corrected chi connectivity index (χ2v) is 11.8. The number of hydrogen-bond donors (Lipinski definition) is 0. The molecule has 3 nitrogen and oxygen atoms in total. The number of anilines is 3. The molecule has 9 aromatic carbocycles. The molecular weight excluding hydrogens is 693 g/mol. The Morgan fingerprint density at radius 2 is 0.825 bits per heavy atom. The lowest BCUT2D eigenvalue weighted by Gasteiger charge is -2.27. The third-order valence-corrected chi connectivity index (χ3v) is 8.56. The zero-order chi connectivity index (χ0) is 69.0. The molecule has 0 unspecified atom stereocenters. The first kappa shape index (κ1) is 12.7. The number of fused-ring (bicyclic) bond motifs is 6. The molecule has 11 aromatic rings. The molecule has 2 heterocycles. The summed E-state index contributed by atoms with van der Waals surface area (Å²) < 4.78 is 333. The van der Waals surface area contributed by atoms with E-state index in [0.717, 1.165) is 0 Å². The molecule has 0 aliphatic rings. The van der Waals surface area contributed by atoms with Crippen molar-refractivity contribution in [3.8, 4) is 39.1 Å². The molecule has 3 heteroatoms. The maximum absolute atomic E-state index is 10.3. The van der Waals surface area contributed by atoms with Crippen molar-refractivity contribution in [3.05, 3.63) is 218 Å². The first-order chi connectivity index (χ1) is 43.3. The Balaban J connectivity index is 1.37. The third kappa shape index (κ3) is 5.68. The Bertz CT molecular complexity index is 5000. The summed E-state index contributed by atoms with van der Waals surface area (Å²) >= 11 is 0. The number of aromatic nitrogens is 1. The molecule has 0 saturated carbocycles. The highest BCUT2D eigenvalue weighted by molar-refractivity contribution is 6.12. The summed E-state index contributed by atoms with van der Waals surface area (Å²) in [7, 11) is 0. The normalized spacial score (nSPS) is 20.4. The van der Waals surface area contributed by atoms with Gasteiger partial charge in [0, 0.05) is 49.9 Å². The summed E-state index contributed by atoms with van der Waals surface area (Å²) in [5.41, 5.74) is -13.8. The Morgan fingerprint density at radius 3 is 1.39 bits per heavy atom. The van der Waals surface area contributed by atoms with Gasteiger partial charge in [0.1, 0.15) is 11.2 Å². The van der Waals surface area contributed by atoms with Crippen molar-refractivity contribution < 1.29 is 53.8 Å². The minimum absolute atomic E-state index is 0.250. The molecule has 0 amide bonds. The number of rotatable bonds is 7. The monoisotopic (exact) mass is 765 g/mol. The van der Waals surface area contributed by atoms with Gasteiger partial charge in [0.05, 0.1) is 60.4 Å². The van der Waals surface area contributed by atoms with Crippen molar-refractivity contribution in [2.24, 2.45) is 0 Å². The summed E-state index contributed by atoms with van der Waals surface area (Å²) in [6, 6.07) is -39.5. The lowest BCUT2D eigenvalue weighted by molar-refractivity contribution is 0.670. The molecule has 0 aliphatic heterocycles. The molecule has 2 aromatic heterocycles. The second kappa shape index (κ2) is 13.6. The van der Waals surface area contributed by atoms with Crippen molar-refractivity contribution in [2.75, 3.05) is 4.90 Å². The van der Waals surface area contributed by atoms with Gasteiger partial charge in [0.15, 0.2) is 0 Å². The van der Waals surface area contributed by atoms with Crippen LogP contribution in [0, 0.1) is 0 Å². The van der Waals surface area contributed by atoms with Gasteiger partial charge in [0.2, 0.25) is 0 Å². The van der Waals surface area contributed by atoms with Crippen molar-refractivity contribution in [3.63, 3.8) is 0 Å². The van der Waals surface area contributed by atoms with Crippen molar-refractivity contribution in [1.29, 1.82) is 0 Å². The highest BCUT2D eigenvalue weighted by Crippen LogP contribution is 2.44. The number of para-hydroxylation sites is 3. The Labute approximate surface area is 381 Å². The van der Waals surface area contributed by atoms with Crippen LogP contribution in [-0.2, 0) is 0 Å². The maximum atomic E-state index is 10.3. The lowest BCUT2D eigenvalue weighted by atomic mass is 9.99. The van der Waals surface area contributed by atoms with Crippen molar-refractivity contribution in [2.45, 2.75) is 0 Å². The topological polar surface area (TPSA) is 21.3 Å². The van der Waals surface area contributed by atoms with Gasteiger partial charge in [-0.25, -0.2) is 0 Å². The van der Waals surface area contributed by atoms with Crippen LogP contribution >= 0.6 is 0 Å². The van der Waals surface area contributed by atoms with Gasteiger partial charge >= 0.3 is 0 Å². The summed E-state index contributed by atoms with van der Waals surface area (Å²) in [6.07, 6.45) is 0. The summed E-state index contributed by atoms with van der Waals surface area (Å²) in [4.78, 5) is 0.250. The zero-order valence-electron chi connectivity index (χ0n) is 64.3. The molecule has 268 valence electrons. The average Bonchev–Trinajstić information content (AvgIpc) is 1.65. The highest BCUT2D eigenvalue weighted by Gasteiger charge is 2.20. The smallest absolute Gasteiger partial charge is 0.143 e. The summed E-state index contributed by atoms with van der Waals surface area (Å²) in [6.45, 7) is 0. The van der Waals surface area contributed by atoms with Crippen molar-refractivity contribution in [1.82, 2.24) is 4.57 Å². The molecule has 57 heavy (non-hydrogen) atoms. The van der Waals surface area contributed by atoms with Gasteiger partial charge in [-0.05, 0) is 94.3 Å². The highest BCUT2D eigenvalue weighted by atomic mass is 16.3. The van der Waals surface area contributed by atoms with Gasteiger partial charge in [-0.2, -0.15) is 0 Å². The average molecular weight is 765 g/mol. The van der Waals surface area contributed by atoms with Gasteiger partial charge in [-0.15, -0.1) is 0 Å². The van der Waals surface area contributed by atoms with Crippen LogP contribution in [0.25, 0.3) is 82.8 Å². The van der Waals surface area contributed by atoms with E-state index in [1.807, 2.05) is 0 Å². The van der Waals surface area contributed by atoms with Gasteiger partial charge < -0.3 is 13.9 Å². The van der Waals surface area contributed by atoms with Crippen molar-refractivity contribution >= 4 is 60.8 Å². The molecule has 0 atom stereocenters. The van der Waals surface area contributed by atoms with E-state index in [9.17, 15) is 20.6 Å². The van der Waals surface area contributed by atoms with Crippen LogP contribution < -0.4 is 4.90 Å². The SMILES string of the molecule is [2H]c1c([2H])c([2H])c(-c2c([2H])c([2H])c(N(c3c([2H])c([2H])c(-c4c([2H])c([2H])c([2H])c([2H])c4[2H])c([2H])c3[2H])c3c([2H])c(-c4c([2H])c([2H])c(-n5c6c([2H])c([2H])c([2H])c([2H])c6c6c([2H])c([2H])c([2H])c([2H])c65)c([2H])c4[2H])c4oc5c([2H])c([2H])c([2H])c([2H])c5c4c3[2H])c([2H])c2[2H])c([2H])c1[2H]. The third-order valence-electron chi connectivity index (χ3n) is 8.56. The Hall–Kier alpha value is -7.62. The molecule has 0 aliphatic carbocycles. The van der Waals surface area contributed by atoms with E-state index in [1.165, 1.54) is 0 Å². The van der Waals surface area contributed by atoms with E-state index in [1.54, 1.807) is 0 Å². The number of furan rings is 1. The van der Waals surface area contributed by atoms with Gasteiger partial charge in [-0.1, -0.05) is 151 Å². The van der Waals surface area contributed by atoms with Crippen LogP contribution in [0.1, 0.15) is 49.3 Å². The molecule has 0 spiro atoms. The standard InChI is InChI=1S/C54H36N2O/c1-3-13-37(14-4-1)39-23-29-42(30-24-39)55(43-31-25-40(26-32-43)38-15-5-2-6-16-38)45-35-49(54-50(36-45)48-19-9-12-22-53(48)57-54)41-27-33-44(34-28-41)56-51-20-10-7-17-46(51)47-18-8-11-21-52(47)56/h1-36H/i1D,2D,3D,4D,5D,6D,7D,8D,9D,10D,11D,12D,13D,14D,15D,16D,17D,18D,19D,20D,21D,22D,23D,24D,25D,26D,27D,28D,29D,30D,31D,32D,33D,34D,35D,36D. The minimum atomic E-state index is -1.38. The summed E-state index contributed by atoms with van der Waals surface area (Å²) in [5, 5.41) is -2.72. The number of nitrogens with zero attached hydrogens (tertiary/aromatic N) is 2. The van der Waals surface area contributed by atoms with E-state index in [-0.39, 0.29) is 4.90 Å². The predicted octanol–water partition coefficient (Wildman–Crippen LogP) is 15.2. The van der Waals surface area contributed by atoms with E-state index in [0.29, 0.717) is 4.57 Å². The molecule has 0 saturated heterocycles. The van der Waals surface area contributed by atoms with Crippen LogP contribution in [-0.4, -0.2) is 4.57 Å². The van der Waals surface area contributed by atoms with Crippen LogP contribution in [0.2, 0.25) is 0 Å². The largest absolute Gasteiger partial charge is 0.455 e. The molecule has 11 rings (SSSR count). The van der Waals surface area contributed by atoms with Gasteiger partial charge in [0.25, 0.3) is 0 Å². The van der Waals surface area contributed by atoms with E-state index in [4.69, 9.17) is 33.2 Å².